The van der Waals surface area contributed by atoms with Gasteiger partial charge in [-0.1, -0.05) is 42.7 Å². The lowest BCUT2D eigenvalue weighted by Gasteiger charge is -2.37. The average Bonchev–Trinajstić information content (AvgIpc) is 2.32. The van der Waals surface area contributed by atoms with Gasteiger partial charge in [-0.05, 0) is 25.3 Å². The minimum atomic E-state index is -0.824. The molecule has 2 rings (SSSR count). The van der Waals surface area contributed by atoms with Gasteiger partial charge in [-0.15, -0.1) is 0 Å². The van der Waals surface area contributed by atoms with Gasteiger partial charge in [-0.3, -0.25) is 0 Å². The molecule has 1 aliphatic rings. The Morgan fingerprint density at radius 3 is 2.71 bits per heavy atom. The number of hydrogen-bond acceptors (Lipinski definition) is 2. The third-order valence-electron chi connectivity index (χ3n) is 3.86. The molecule has 0 amide bonds. The molecular weight excluding hydrogens is 212 g/mol. The lowest BCUT2D eigenvalue weighted by molar-refractivity contribution is -0.123. The lowest BCUT2D eigenvalue weighted by Crippen LogP contribution is -2.43. The van der Waals surface area contributed by atoms with Crippen LogP contribution in [0.1, 0.15) is 36.8 Å². The Hall–Kier alpha value is -1.15. The number of carbonyl (C=O) groups is 1. The molecule has 0 aromatic heterocycles. The van der Waals surface area contributed by atoms with Crippen LogP contribution in [0.5, 0.6) is 0 Å². The van der Waals surface area contributed by atoms with Crippen LogP contribution in [0, 0.1) is 12.8 Å². The van der Waals surface area contributed by atoms with Gasteiger partial charge in [0.25, 0.3) is 0 Å². The van der Waals surface area contributed by atoms with Crippen molar-refractivity contribution in [2.45, 2.75) is 44.6 Å². The van der Waals surface area contributed by atoms with E-state index >= 15 is 0 Å². The molecule has 1 aliphatic carbocycles. The summed E-state index contributed by atoms with van der Waals surface area (Å²) in [7, 11) is 0. The number of carbonyl (C=O) groups excluding carboxylic acids is 1. The quantitative estimate of drug-likeness (QED) is 0.813. The molecule has 1 fully saturated rings. The van der Waals surface area contributed by atoms with Gasteiger partial charge >= 0.3 is 0 Å². The SMILES string of the molecule is Cc1ccc(CC2(O)CCCCC2C=O)cc1. The highest BCUT2D eigenvalue weighted by Crippen LogP contribution is 2.35. The molecule has 2 nitrogen and oxygen atoms in total. The van der Waals surface area contributed by atoms with E-state index in [1.807, 2.05) is 19.1 Å². The van der Waals surface area contributed by atoms with Crippen molar-refractivity contribution in [3.63, 3.8) is 0 Å². The van der Waals surface area contributed by atoms with Crippen molar-refractivity contribution in [3.8, 4) is 0 Å². The van der Waals surface area contributed by atoms with Gasteiger partial charge in [-0.2, -0.15) is 0 Å². The van der Waals surface area contributed by atoms with Gasteiger partial charge in [0.05, 0.1) is 5.60 Å². The predicted molar refractivity (Wildman–Crippen MR) is 67.9 cm³/mol. The molecule has 0 radical (unpaired) electrons. The molecule has 0 saturated heterocycles. The fourth-order valence-electron chi connectivity index (χ4n) is 2.72. The topological polar surface area (TPSA) is 37.3 Å². The van der Waals surface area contributed by atoms with Crippen LogP contribution in [0.25, 0.3) is 0 Å². The summed E-state index contributed by atoms with van der Waals surface area (Å²) in [5.41, 5.74) is 1.51. The second-order valence-electron chi connectivity index (χ2n) is 5.25. The molecular formula is C15H20O2. The Balaban J connectivity index is 2.14. The van der Waals surface area contributed by atoms with Gasteiger partial charge in [0.1, 0.15) is 6.29 Å². The normalized spacial score (nSPS) is 28.9. The highest BCUT2D eigenvalue weighted by molar-refractivity contribution is 5.56. The maximum absolute atomic E-state index is 11.1. The zero-order valence-electron chi connectivity index (χ0n) is 10.4. The summed E-state index contributed by atoms with van der Waals surface area (Å²) in [5.74, 6) is -0.197. The van der Waals surface area contributed by atoms with Crippen LogP contribution in [-0.2, 0) is 11.2 Å². The Bertz CT molecular complexity index is 382. The summed E-state index contributed by atoms with van der Waals surface area (Å²) in [6.07, 6.45) is 5.17. The second kappa shape index (κ2) is 5.01. The number of hydrogen-bond donors (Lipinski definition) is 1. The lowest BCUT2D eigenvalue weighted by atomic mass is 9.73. The maximum Gasteiger partial charge on any atom is 0.125 e. The van der Waals surface area contributed by atoms with Crippen molar-refractivity contribution in [2.75, 3.05) is 0 Å². The van der Waals surface area contributed by atoms with Gasteiger partial charge in [-0.25, -0.2) is 0 Å². The van der Waals surface area contributed by atoms with E-state index in [-0.39, 0.29) is 5.92 Å². The molecule has 1 N–H and O–H groups in total. The van der Waals surface area contributed by atoms with Gasteiger partial charge in [0.15, 0.2) is 0 Å². The van der Waals surface area contributed by atoms with E-state index in [1.54, 1.807) is 0 Å². The van der Waals surface area contributed by atoms with E-state index in [9.17, 15) is 9.90 Å². The Labute approximate surface area is 103 Å². The molecule has 2 unspecified atom stereocenters. The van der Waals surface area contributed by atoms with Crippen molar-refractivity contribution in [3.05, 3.63) is 35.4 Å². The van der Waals surface area contributed by atoms with E-state index in [0.29, 0.717) is 6.42 Å². The van der Waals surface area contributed by atoms with E-state index in [4.69, 9.17) is 0 Å². The Kier molecular flexibility index (Phi) is 3.63. The first-order valence-corrected chi connectivity index (χ1v) is 6.37. The smallest absolute Gasteiger partial charge is 0.125 e. The van der Waals surface area contributed by atoms with Gasteiger partial charge < -0.3 is 9.90 Å². The van der Waals surface area contributed by atoms with Crippen LogP contribution in [0.15, 0.2) is 24.3 Å². The highest BCUT2D eigenvalue weighted by Gasteiger charge is 2.38. The predicted octanol–water partition coefficient (Wildman–Crippen LogP) is 2.66. The zero-order valence-corrected chi connectivity index (χ0v) is 10.4. The van der Waals surface area contributed by atoms with E-state index in [2.05, 4.69) is 12.1 Å². The molecule has 92 valence electrons. The minimum absolute atomic E-state index is 0.197. The summed E-state index contributed by atoms with van der Waals surface area (Å²) in [6, 6.07) is 8.20. The van der Waals surface area contributed by atoms with Crippen molar-refractivity contribution < 1.29 is 9.90 Å². The maximum atomic E-state index is 11.1. The van der Waals surface area contributed by atoms with Gasteiger partial charge in [0.2, 0.25) is 0 Å². The fraction of sp³-hybridized carbons (Fsp3) is 0.533. The summed E-state index contributed by atoms with van der Waals surface area (Å²) in [4.78, 5) is 11.1. The zero-order chi connectivity index (χ0) is 12.3. The Morgan fingerprint density at radius 1 is 1.35 bits per heavy atom. The van der Waals surface area contributed by atoms with E-state index < -0.39 is 5.60 Å². The van der Waals surface area contributed by atoms with Crippen molar-refractivity contribution in [1.29, 1.82) is 0 Å². The molecule has 2 atom stereocenters. The molecule has 17 heavy (non-hydrogen) atoms. The standard InChI is InChI=1S/C15H20O2/c1-12-5-7-13(8-6-12)10-15(17)9-3-2-4-14(15)11-16/h5-8,11,14,17H,2-4,9-10H2,1H3. The van der Waals surface area contributed by atoms with Crippen LogP contribution in [0.2, 0.25) is 0 Å². The van der Waals surface area contributed by atoms with Crippen molar-refractivity contribution in [1.82, 2.24) is 0 Å². The number of benzene rings is 1. The third-order valence-corrected chi connectivity index (χ3v) is 3.86. The highest BCUT2D eigenvalue weighted by atomic mass is 16.3. The molecule has 0 bridgehead atoms. The average molecular weight is 232 g/mol. The van der Waals surface area contributed by atoms with Crippen LogP contribution in [0.3, 0.4) is 0 Å². The summed E-state index contributed by atoms with van der Waals surface area (Å²) in [5, 5.41) is 10.6. The largest absolute Gasteiger partial charge is 0.389 e. The first-order chi connectivity index (χ1) is 8.14. The first-order valence-electron chi connectivity index (χ1n) is 6.37. The summed E-state index contributed by atoms with van der Waals surface area (Å²) >= 11 is 0. The van der Waals surface area contributed by atoms with E-state index in [0.717, 1.165) is 37.5 Å². The second-order valence-corrected chi connectivity index (χ2v) is 5.25. The van der Waals surface area contributed by atoms with Crippen molar-refractivity contribution in [2.24, 2.45) is 5.92 Å². The number of aliphatic hydroxyl groups is 1. The first kappa shape index (κ1) is 12.3. The number of aldehydes is 1. The van der Waals surface area contributed by atoms with Crippen LogP contribution < -0.4 is 0 Å². The molecule has 1 aromatic carbocycles. The van der Waals surface area contributed by atoms with Crippen molar-refractivity contribution >= 4 is 6.29 Å². The van der Waals surface area contributed by atoms with Gasteiger partial charge in [0, 0.05) is 12.3 Å². The monoisotopic (exact) mass is 232 g/mol. The minimum Gasteiger partial charge on any atom is -0.389 e. The molecule has 0 aliphatic heterocycles. The fourth-order valence-corrected chi connectivity index (χ4v) is 2.72. The number of rotatable bonds is 3. The number of aryl methyl sites for hydroxylation is 1. The summed E-state index contributed by atoms with van der Waals surface area (Å²) < 4.78 is 0. The molecule has 0 heterocycles. The molecule has 1 saturated carbocycles. The summed E-state index contributed by atoms with van der Waals surface area (Å²) in [6.45, 7) is 2.05. The molecule has 0 spiro atoms. The third kappa shape index (κ3) is 2.75. The van der Waals surface area contributed by atoms with E-state index in [1.165, 1.54) is 5.56 Å². The van der Waals surface area contributed by atoms with Crippen LogP contribution >= 0.6 is 0 Å². The molecule has 1 aromatic rings. The van der Waals surface area contributed by atoms with Crippen LogP contribution in [-0.4, -0.2) is 17.0 Å². The molecule has 2 heteroatoms. The van der Waals surface area contributed by atoms with Crippen LogP contribution in [0.4, 0.5) is 0 Å². The Morgan fingerprint density at radius 2 is 2.06 bits per heavy atom.